The highest BCUT2D eigenvalue weighted by Crippen LogP contribution is 2.32. The summed E-state index contributed by atoms with van der Waals surface area (Å²) >= 11 is 1.60. The number of hydrogen-bond acceptors (Lipinski definition) is 4. The SMILES string of the molecule is CNc1sc(-c2ccc3[nH]c(=O)[nH]c3c2)nc1C. The predicted octanol–water partition coefficient (Wildman–Crippen LogP) is 2.33. The molecule has 92 valence electrons. The summed E-state index contributed by atoms with van der Waals surface area (Å²) in [5.41, 5.74) is 3.42. The van der Waals surface area contributed by atoms with Crippen molar-refractivity contribution in [2.24, 2.45) is 0 Å². The molecular weight excluding hydrogens is 248 g/mol. The lowest BCUT2D eigenvalue weighted by atomic mass is 10.2. The summed E-state index contributed by atoms with van der Waals surface area (Å²) in [6.45, 7) is 1.97. The first-order valence-corrected chi connectivity index (χ1v) is 6.36. The molecule has 2 heterocycles. The van der Waals surface area contributed by atoms with E-state index in [0.29, 0.717) is 0 Å². The molecule has 0 radical (unpaired) electrons. The number of hydrogen-bond donors (Lipinski definition) is 3. The molecule has 1 aromatic carbocycles. The zero-order valence-electron chi connectivity index (χ0n) is 10.00. The summed E-state index contributed by atoms with van der Waals surface area (Å²) in [4.78, 5) is 21.2. The average Bonchev–Trinajstić information content (AvgIpc) is 2.89. The second-order valence-electron chi connectivity index (χ2n) is 4.02. The van der Waals surface area contributed by atoms with E-state index >= 15 is 0 Å². The van der Waals surface area contributed by atoms with Crippen molar-refractivity contribution >= 4 is 27.4 Å². The van der Waals surface area contributed by atoms with Crippen LogP contribution in [0.25, 0.3) is 21.6 Å². The first kappa shape index (κ1) is 11.0. The van der Waals surface area contributed by atoms with Crippen LogP contribution in [0.4, 0.5) is 5.00 Å². The molecule has 0 saturated heterocycles. The Labute approximate surface area is 107 Å². The molecule has 3 rings (SSSR count). The van der Waals surface area contributed by atoms with Gasteiger partial charge in [-0.25, -0.2) is 9.78 Å². The van der Waals surface area contributed by atoms with Gasteiger partial charge in [-0.1, -0.05) is 11.3 Å². The molecule has 3 N–H and O–H groups in total. The zero-order valence-corrected chi connectivity index (χ0v) is 10.8. The Bertz CT molecular complexity index is 768. The molecule has 3 aromatic rings. The maximum atomic E-state index is 11.2. The number of imidazole rings is 1. The van der Waals surface area contributed by atoms with Crippen LogP contribution in [0.15, 0.2) is 23.0 Å². The van der Waals surface area contributed by atoms with Crippen LogP contribution < -0.4 is 11.0 Å². The van der Waals surface area contributed by atoms with Gasteiger partial charge in [0.2, 0.25) is 0 Å². The van der Waals surface area contributed by atoms with Gasteiger partial charge < -0.3 is 15.3 Å². The minimum atomic E-state index is -0.187. The van der Waals surface area contributed by atoms with E-state index < -0.39 is 0 Å². The minimum Gasteiger partial charge on any atom is -0.378 e. The molecule has 0 aliphatic rings. The quantitative estimate of drug-likeness (QED) is 0.662. The molecule has 0 bridgehead atoms. The summed E-state index contributed by atoms with van der Waals surface area (Å²) in [5.74, 6) is 0. The zero-order chi connectivity index (χ0) is 12.7. The highest BCUT2D eigenvalue weighted by Gasteiger charge is 2.09. The second-order valence-corrected chi connectivity index (χ2v) is 5.02. The van der Waals surface area contributed by atoms with Crippen LogP contribution in [0.1, 0.15) is 5.69 Å². The third-order valence-electron chi connectivity index (χ3n) is 2.79. The summed E-state index contributed by atoms with van der Waals surface area (Å²) in [6.07, 6.45) is 0. The van der Waals surface area contributed by atoms with E-state index in [1.165, 1.54) is 0 Å². The number of nitrogens with zero attached hydrogens (tertiary/aromatic N) is 1. The minimum absolute atomic E-state index is 0.187. The molecule has 0 aliphatic carbocycles. The third-order valence-corrected chi connectivity index (χ3v) is 4.01. The summed E-state index contributed by atoms with van der Waals surface area (Å²) < 4.78 is 0. The monoisotopic (exact) mass is 260 g/mol. The van der Waals surface area contributed by atoms with Crippen molar-refractivity contribution in [3.8, 4) is 10.6 Å². The number of aromatic nitrogens is 3. The molecular formula is C12H12N4OS. The standard InChI is InChI=1S/C12H12N4OS/c1-6-10(13-2)18-11(14-6)7-3-4-8-9(5-7)16-12(17)15-8/h3-5,13H,1-2H3,(H2,15,16,17). The Morgan fingerprint density at radius 1 is 1.28 bits per heavy atom. The van der Waals surface area contributed by atoms with Gasteiger partial charge in [-0.15, -0.1) is 0 Å². The largest absolute Gasteiger partial charge is 0.378 e. The molecule has 0 amide bonds. The van der Waals surface area contributed by atoms with Crippen molar-refractivity contribution in [1.29, 1.82) is 0 Å². The van der Waals surface area contributed by atoms with Crippen LogP contribution in [0.2, 0.25) is 0 Å². The number of anilines is 1. The number of nitrogens with one attached hydrogen (secondary N) is 3. The van der Waals surface area contributed by atoms with Crippen LogP contribution in [0.3, 0.4) is 0 Å². The first-order valence-electron chi connectivity index (χ1n) is 5.55. The number of thiazole rings is 1. The Morgan fingerprint density at radius 3 is 2.78 bits per heavy atom. The van der Waals surface area contributed by atoms with E-state index in [0.717, 1.165) is 32.3 Å². The van der Waals surface area contributed by atoms with Gasteiger partial charge in [0.25, 0.3) is 0 Å². The summed E-state index contributed by atoms with van der Waals surface area (Å²) in [6, 6.07) is 5.78. The van der Waals surface area contributed by atoms with Gasteiger partial charge in [-0.2, -0.15) is 0 Å². The van der Waals surface area contributed by atoms with Gasteiger partial charge in [-0.05, 0) is 25.1 Å². The lowest BCUT2D eigenvalue weighted by Gasteiger charge is -1.95. The van der Waals surface area contributed by atoms with E-state index in [1.54, 1.807) is 11.3 Å². The van der Waals surface area contributed by atoms with Crippen molar-refractivity contribution in [2.45, 2.75) is 6.92 Å². The number of aromatic amines is 2. The van der Waals surface area contributed by atoms with Crippen LogP contribution in [-0.2, 0) is 0 Å². The van der Waals surface area contributed by atoms with E-state index in [1.807, 2.05) is 32.2 Å². The molecule has 18 heavy (non-hydrogen) atoms. The van der Waals surface area contributed by atoms with Crippen molar-refractivity contribution in [3.05, 3.63) is 34.4 Å². The number of benzene rings is 1. The molecule has 0 unspecified atom stereocenters. The van der Waals surface area contributed by atoms with Gasteiger partial charge in [-0.3, -0.25) is 0 Å². The van der Waals surface area contributed by atoms with E-state index in [9.17, 15) is 4.79 Å². The Morgan fingerprint density at radius 2 is 2.06 bits per heavy atom. The Hall–Kier alpha value is -2.08. The fourth-order valence-electron chi connectivity index (χ4n) is 1.92. The van der Waals surface area contributed by atoms with Crippen molar-refractivity contribution < 1.29 is 0 Å². The van der Waals surface area contributed by atoms with Gasteiger partial charge in [0, 0.05) is 12.6 Å². The van der Waals surface area contributed by atoms with Crippen LogP contribution in [-0.4, -0.2) is 22.0 Å². The van der Waals surface area contributed by atoms with Crippen molar-refractivity contribution in [3.63, 3.8) is 0 Å². The molecule has 2 aromatic heterocycles. The third kappa shape index (κ3) is 1.70. The van der Waals surface area contributed by atoms with Gasteiger partial charge in [0.05, 0.1) is 16.7 Å². The maximum absolute atomic E-state index is 11.2. The average molecular weight is 260 g/mol. The topological polar surface area (TPSA) is 73.6 Å². The molecule has 0 aliphatic heterocycles. The molecule has 6 heteroatoms. The Kier molecular flexibility index (Phi) is 2.45. The predicted molar refractivity (Wildman–Crippen MR) is 74.3 cm³/mol. The lowest BCUT2D eigenvalue weighted by Crippen LogP contribution is -1.99. The molecule has 0 atom stereocenters. The smallest absolute Gasteiger partial charge is 0.323 e. The van der Waals surface area contributed by atoms with Crippen LogP contribution >= 0.6 is 11.3 Å². The number of rotatable bonds is 2. The van der Waals surface area contributed by atoms with Gasteiger partial charge in [0.15, 0.2) is 0 Å². The second kappa shape index (κ2) is 3.99. The molecule has 0 saturated carbocycles. The van der Waals surface area contributed by atoms with E-state index in [-0.39, 0.29) is 5.69 Å². The molecule has 5 nitrogen and oxygen atoms in total. The fraction of sp³-hybridized carbons (Fsp3) is 0.167. The summed E-state index contributed by atoms with van der Waals surface area (Å²) in [5, 5.41) is 5.13. The fourth-order valence-corrected chi connectivity index (χ4v) is 2.83. The van der Waals surface area contributed by atoms with Crippen LogP contribution in [0.5, 0.6) is 0 Å². The van der Waals surface area contributed by atoms with Crippen LogP contribution in [0, 0.1) is 6.92 Å². The van der Waals surface area contributed by atoms with Crippen molar-refractivity contribution in [1.82, 2.24) is 15.0 Å². The molecule has 0 fully saturated rings. The highest BCUT2D eigenvalue weighted by atomic mass is 32.1. The number of fused-ring (bicyclic) bond motifs is 1. The lowest BCUT2D eigenvalue weighted by molar-refractivity contribution is 1.21. The summed E-state index contributed by atoms with van der Waals surface area (Å²) in [7, 11) is 1.89. The highest BCUT2D eigenvalue weighted by molar-refractivity contribution is 7.19. The van der Waals surface area contributed by atoms with E-state index in [2.05, 4.69) is 20.3 Å². The van der Waals surface area contributed by atoms with E-state index in [4.69, 9.17) is 0 Å². The number of aryl methyl sites for hydroxylation is 1. The maximum Gasteiger partial charge on any atom is 0.323 e. The normalized spacial score (nSPS) is 11.0. The van der Waals surface area contributed by atoms with Gasteiger partial charge in [0.1, 0.15) is 10.0 Å². The van der Waals surface area contributed by atoms with Gasteiger partial charge >= 0.3 is 5.69 Å². The first-order chi connectivity index (χ1) is 8.67. The Balaban J connectivity index is 2.15. The molecule has 0 spiro atoms. The van der Waals surface area contributed by atoms with Crippen molar-refractivity contribution in [2.75, 3.05) is 12.4 Å². The number of H-pyrrole nitrogens is 2.